The van der Waals surface area contributed by atoms with E-state index in [1.807, 2.05) is 0 Å². The molecule has 5 nitrogen and oxygen atoms in total. The number of ketones is 1. The summed E-state index contributed by atoms with van der Waals surface area (Å²) in [7, 11) is 0. The van der Waals surface area contributed by atoms with E-state index in [1.165, 1.54) is 18.2 Å². The molecule has 82 valence electrons. The van der Waals surface area contributed by atoms with Crippen LogP contribution in [0.2, 0.25) is 5.02 Å². The molecule has 1 aliphatic rings. The number of carbonyl (C=O) groups is 3. The number of rotatable bonds is 1. The third-order valence-corrected chi connectivity index (χ3v) is 2.51. The highest BCUT2D eigenvalue weighted by Gasteiger charge is 2.39. The van der Waals surface area contributed by atoms with Crippen LogP contribution in [0.25, 0.3) is 0 Å². The molecular formula is C10H6ClNO4. The Labute approximate surface area is 95.0 Å². The molecule has 2 rings (SSSR count). The van der Waals surface area contributed by atoms with Crippen molar-refractivity contribution in [2.45, 2.75) is 0 Å². The van der Waals surface area contributed by atoms with E-state index in [0.717, 1.165) is 0 Å². The van der Waals surface area contributed by atoms with Crippen molar-refractivity contribution in [3.05, 3.63) is 28.8 Å². The molecule has 1 atom stereocenters. The lowest BCUT2D eigenvalue weighted by Gasteiger charge is -2.20. The Kier molecular flexibility index (Phi) is 2.40. The second-order valence-electron chi connectivity index (χ2n) is 3.31. The first-order valence-corrected chi connectivity index (χ1v) is 4.76. The Hall–Kier alpha value is -1.88. The monoisotopic (exact) mass is 239 g/mol. The number of carboxylic acid groups (broad SMARTS) is 1. The van der Waals surface area contributed by atoms with Crippen molar-refractivity contribution in [1.29, 1.82) is 0 Å². The van der Waals surface area contributed by atoms with E-state index in [1.54, 1.807) is 0 Å². The maximum absolute atomic E-state index is 11.7. The number of amides is 1. The van der Waals surface area contributed by atoms with Gasteiger partial charge in [-0.1, -0.05) is 11.6 Å². The standard InChI is InChI=1S/C10H6ClNO4/c11-4-1-2-5-6(3-4)12-9(14)7(8(5)13)10(15)16/h1-3,7H,(H,12,14)(H,15,16)/t7-/m0/s1. The number of halogens is 1. The Bertz CT molecular complexity index is 512. The molecule has 1 aliphatic heterocycles. The number of carbonyl (C=O) groups excluding carboxylic acids is 2. The molecule has 0 aliphatic carbocycles. The van der Waals surface area contributed by atoms with Gasteiger partial charge in [0.2, 0.25) is 5.91 Å². The van der Waals surface area contributed by atoms with E-state index < -0.39 is 23.6 Å². The quantitative estimate of drug-likeness (QED) is 0.721. The summed E-state index contributed by atoms with van der Waals surface area (Å²) >= 11 is 5.69. The van der Waals surface area contributed by atoms with Crippen LogP contribution < -0.4 is 5.32 Å². The number of hydrogen-bond acceptors (Lipinski definition) is 3. The van der Waals surface area contributed by atoms with Crippen LogP contribution in [0.4, 0.5) is 5.69 Å². The third-order valence-electron chi connectivity index (χ3n) is 2.28. The number of aliphatic carboxylic acids is 1. The second kappa shape index (κ2) is 3.61. The molecule has 0 saturated heterocycles. The minimum absolute atomic E-state index is 0.163. The van der Waals surface area contributed by atoms with E-state index in [9.17, 15) is 14.4 Å². The highest BCUT2D eigenvalue weighted by molar-refractivity contribution is 6.33. The van der Waals surface area contributed by atoms with Gasteiger partial charge in [-0.25, -0.2) is 0 Å². The highest BCUT2D eigenvalue weighted by Crippen LogP contribution is 2.28. The van der Waals surface area contributed by atoms with Crippen LogP contribution in [0, 0.1) is 5.92 Å². The lowest BCUT2D eigenvalue weighted by atomic mass is 9.92. The predicted octanol–water partition coefficient (Wildman–Crippen LogP) is 1.18. The number of Topliss-reactive ketones (excluding diaryl/α,β-unsaturated/α-hetero) is 1. The van der Waals surface area contributed by atoms with Crippen LogP contribution in [0.15, 0.2) is 18.2 Å². The molecule has 16 heavy (non-hydrogen) atoms. The van der Waals surface area contributed by atoms with Crippen LogP contribution in [0.3, 0.4) is 0 Å². The van der Waals surface area contributed by atoms with Gasteiger partial charge in [-0.15, -0.1) is 0 Å². The summed E-state index contributed by atoms with van der Waals surface area (Å²) in [6.07, 6.45) is 0. The van der Waals surface area contributed by atoms with Crippen LogP contribution in [0.5, 0.6) is 0 Å². The lowest BCUT2D eigenvalue weighted by Crippen LogP contribution is -2.40. The molecular weight excluding hydrogens is 234 g/mol. The first kappa shape index (κ1) is 10.6. The molecule has 1 aromatic rings. The molecule has 2 N–H and O–H groups in total. The number of fused-ring (bicyclic) bond motifs is 1. The normalized spacial score (nSPS) is 18.9. The molecule has 1 amide bonds. The molecule has 6 heteroatoms. The first-order valence-electron chi connectivity index (χ1n) is 4.38. The zero-order chi connectivity index (χ0) is 11.9. The number of anilines is 1. The fourth-order valence-electron chi connectivity index (χ4n) is 1.54. The fourth-order valence-corrected chi connectivity index (χ4v) is 1.71. The van der Waals surface area contributed by atoms with Crippen molar-refractivity contribution >= 4 is 34.9 Å². The van der Waals surface area contributed by atoms with Gasteiger partial charge in [-0.2, -0.15) is 0 Å². The summed E-state index contributed by atoms with van der Waals surface area (Å²) in [5, 5.41) is 11.5. The number of hydrogen-bond donors (Lipinski definition) is 2. The summed E-state index contributed by atoms with van der Waals surface area (Å²) < 4.78 is 0. The summed E-state index contributed by atoms with van der Waals surface area (Å²) in [5.74, 6) is -4.69. The third kappa shape index (κ3) is 1.55. The topological polar surface area (TPSA) is 83.5 Å². The Morgan fingerprint density at radius 3 is 2.69 bits per heavy atom. The van der Waals surface area contributed by atoms with E-state index in [4.69, 9.17) is 16.7 Å². The fraction of sp³-hybridized carbons (Fsp3) is 0.100. The van der Waals surface area contributed by atoms with Crippen molar-refractivity contribution in [1.82, 2.24) is 0 Å². The maximum Gasteiger partial charge on any atom is 0.324 e. The molecule has 0 fully saturated rings. The first-order chi connectivity index (χ1) is 7.50. The average molecular weight is 240 g/mol. The van der Waals surface area contributed by atoms with Gasteiger partial charge in [-0.05, 0) is 18.2 Å². The van der Waals surface area contributed by atoms with E-state index in [0.29, 0.717) is 5.02 Å². The molecule has 0 saturated carbocycles. The van der Waals surface area contributed by atoms with Crippen molar-refractivity contribution < 1.29 is 19.5 Å². The van der Waals surface area contributed by atoms with Crippen LogP contribution in [-0.4, -0.2) is 22.8 Å². The maximum atomic E-state index is 11.7. The van der Waals surface area contributed by atoms with Gasteiger partial charge >= 0.3 is 5.97 Å². The lowest BCUT2D eigenvalue weighted by molar-refractivity contribution is -0.143. The second-order valence-corrected chi connectivity index (χ2v) is 3.75. The minimum atomic E-state index is -1.67. The highest BCUT2D eigenvalue weighted by atomic mass is 35.5. The Morgan fingerprint density at radius 1 is 1.38 bits per heavy atom. The van der Waals surface area contributed by atoms with Gasteiger partial charge in [0.1, 0.15) is 0 Å². The number of carboxylic acids is 1. The van der Waals surface area contributed by atoms with Gasteiger partial charge in [0.25, 0.3) is 0 Å². The van der Waals surface area contributed by atoms with Gasteiger partial charge in [0.15, 0.2) is 11.7 Å². The molecule has 1 heterocycles. The van der Waals surface area contributed by atoms with Gasteiger partial charge in [0.05, 0.1) is 5.69 Å². The smallest absolute Gasteiger partial charge is 0.324 e. The number of nitrogens with one attached hydrogen (secondary N) is 1. The van der Waals surface area contributed by atoms with Gasteiger partial charge < -0.3 is 10.4 Å². The van der Waals surface area contributed by atoms with Crippen molar-refractivity contribution in [3.63, 3.8) is 0 Å². The zero-order valence-electron chi connectivity index (χ0n) is 7.86. The van der Waals surface area contributed by atoms with Gasteiger partial charge in [0, 0.05) is 10.6 Å². The Balaban J connectivity index is 2.53. The number of benzene rings is 1. The summed E-state index contributed by atoms with van der Waals surface area (Å²) in [6.45, 7) is 0. The van der Waals surface area contributed by atoms with Crippen molar-refractivity contribution in [3.8, 4) is 0 Å². The molecule has 0 spiro atoms. The van der Waals surface area contributed by atoms with E-state index >= 15 is 0 Å². The van der Waals surface area contributed by atoms with E-state index in [-0.39, 0.29) is 11.3 Å². The summed E-state index contributed by atoms with van der Waals surface area (Å²) in [6, 6.07) is 4.27. The summed E-state index contributed by atoms with van der Waals surface area (Å²) in [4.78, 5) is 33.8. The largest absolute Gasteiger partial charge is 0.480 e. The molecule has 0 radical (unpaired) electrons. The van der Waals surface area contributed by atoms with E-state index in [2.05, 4.69) is 5.32 Å². The predicted molar refractivity (Wildman–Crippen MR) is 55.5 cm³/mol. The van der Waals surface area contributed by atoms with Crippen LogP contribution in [-0.2, 0) is 9.59 Å². The molecule has 0 aromatic heterocycles. The van der Waals surface area contributed by atoms with Crippen LogP contribution in [0.1, 0.15) is 10.4 Å². The Morgan fingerprint density at radius 2 is 2.06 bits per heavy atom. The van der Waals surface area contributed by atoms with Gasteiger partial charge in [-0.3, -0.25) is 14.4 Å². The summed E-state index contributed by atoms with van der Waals surface area (Å²) in [5.41, 5.74) is 0.413. The molecule has 0 unspecified atom stereocenters. The SMILES string of the molecule is O=C(O)[C@@H]1C(=O)Nc2cc(Cl)ccc2C1=O. The zero-order valence-corrected chi connectivity index (χ0v) is 8.62. The van der Waals surface area contributed by atoms with Crippen molar-refractivity contribution in [2.75, 3.05) is 5.32 Å². The average Bonchev–Trinajstić information content (AvgIpc) is 2.15. The minimum Gasteiger partial charge on any atom is -0.480 e. The van der Waals surface area contributed by atoms with Crippen LogP contribution >= 0.6 is 11.6 Å². The molecule has 1 aromatic carbocycles. The van der Waals surface area contributed by atoms with Crippen molar-refractivity contribution in [2.24, 2.45) is 5.92 Å². The molecule has 0 bridgehead atoms.